The van der Waals surface area contributed by atoms with Crippen LogP contribution in [0.4, 0.5) is 5.69 Å². The van der Waals surface area contributed by atoms with Gasteiger partial charge in [0.1, 0.15) is 12.2 Å². The summed E-state index contributed by atoms with van der Waals surface area (Å²) in [5, 5.41) is 14.3. The predicted molar refractivity (Wildman–Crippen MR) is 79.5 cm³/mol. The average molecular weight is 288 g/mol. The molecule has 1 saturated heterocycles. The van der Waals surface area contributed by atoms with E-state index in [1.165, 1.54) is 0 Å². The third-order valence-corrected chi connectivity index (χ3v) is 3.73. The van der Waals surface area contributed by atoms with Crippen molar-refractivity contribution in [2.45, 2.75) is 25.6 Å². The molecule has 1 aliphatic heterocycles. The topological polar surface area (TPSA) is 63.4 Å². The SMILES string of the molecule is CCc1cc(N2C[C@@H](O)[C@H](Oc3cnn(C)c3)C2)ccn1. The lowest BCUT2D eigenvalue weighted by Gasteiger charge is -2.18. The van der Waals surface area contributed by atoms with Crippen molar-refractivity contribution in [3.8, 4) is 5.75 Å². The Morgan fingerprint density at radius 1 is 1.43 bits per heavy atom. The summed E-state index contributed by atoms with van der Waals surface area (Å²) in [6, 6.07) is 4.04. The van der Waals surface area contributed by atoms with Gasteiger partial charge in [0.05, 0.1) is 18.9 Å². The van der Waals surface area contributed by atoms with E-state index in [9.17, 15) is 5.11 Å². The first-order chi connectivity index (χ1) is 10.2. The lowest BCUT2D eigenvalue weighted by atomic mass is 10.2. The van der Waals surface area contributed by atoms with Crippen LogP contribution < -0.4 is 9.64 Å². The maximum Gasteiger partial charge on any atom is 0.157 e. The number of hydrogen-bond acceptors (Lipinski definition) is 5. The Balaban J connectivity index is 1.70. The smallest absolute Gasteiger partial charge is 0.157 e. The van der Waals surface area contributed by atoms with Crippen molar-refractivity contribution in [1.29, 1.82) is 0 Å². The lowest BCUT2D eigenvalue weighted by molar-refractivity contribution is 0.0737. The summed E-state index contributed by atoms with van der Waals surface area (Å²) in [7, 11) is 1.84. The van der Waals surface area contributed by atoms with Gasteiger partial charge in [-0.15, -0.1) is 0 Å². The molecule has 21 heavy (non-hydrogen) atoms. The number of aromatic nitrogens is 3. The van der Waals surface area contributed by atoms with Crippen molar-refractivity contribution >= 4 is 5.69 Å². The molecule has 0 aromatic carbocycles. The highest BCUT2D eigenvalue weighted by atomic mass is 16.5. The van der Waals surface area contributed by atoms with Gasteiger partial charge in [-0.1, -0.05) is 6.92 Å². The maximum absolute atomic E-state index is 10.2. The number of nitrogens with zero attached hydrogens (tertiary/aromatic N) is 4. The fraction of sp³-hybridized carbons (Fsp3) is 0.467. The average Bonchev–Trinajstić information content (AvgIpc) is 3.06. The van der Waals surface area contributed by atoms with Gasteiger partial charge in [0.15, 0.2) is 5.75 Å². The van der Waals surface area contributed by atoms with Crippen LogP contribution in [0.25, 0.3) is 0 Å². The van der Waals surface area contributed by atoms with Crippen LogP contribution >= 0.6 is 0 Å². The molecular weight excluding hydrogens is 268 g/mol. The Morgan fingerprint density at radius 3 is 3.00 bits per heavy atom. The number of β-amino-alcohol motifs (C(OH)–C–C–N with tert-alkyl or cyclic N) is 1. The van der Waals surface area contributed by atoms with Crippen LogP contribution in [0.15, 0.2) is 30.7 Å². The minimum atomic E-state index is -0.511. The van der Waals surface area contributed by atoms with Gasteiger partial charge in [0, 0.05) is 31.2 Å². The Hall–Kier alpha value is -2.08. The minimum absolute atomic E-state index is 0.243. The second-order valence-corrected chi connectivity index (χ2v) is 5.34. The predicted octanol–water partition coefficient (Wildman–Crippen LogP) is 1.01. The van der Waals surface area contributed by atoms with Gasteiger partial charge in [-0.05, 0) is 18.6 Å². The Labute approximate surface area is 124 Å². The van der Waals surface area contributed by atoms with Gasteiger partial charge >= 0.3 is 0 Å². The highest BCUT2D eigenvalue weighted by Gasteiger charge is 2.33. The van der Waals surface area contributed by atoms with Gasteiger partial charge in [-0.25, -0.2) is 0 Å². The molecule has 0 amide bonds. The van der Waals surface area contributed by atoms with E-state index in [2.05, 4.69) is 28.0 Å². The first kappa shape index (κ1) is 13.9. The van der Waals surface area contributed by atoms with E-state index in [1.807, 2.05) is 19.3 Å². The second-order valence-electron chi connectivity index (χ2n) is 5.34. The first-order valence-electron chi connectivity index (χ1n) is 7.19. The number of rotatable bonds is 4. The van der Waals surface area contributed by atoms with Crippen molar-refractivity contribution < 1.29 is 9.84 Å². The normalized spacial score (nSPS) is 21.8. The number of pyridine rings is 1. The summed E-state index contributed by atoms with van der Waals surface area (Å²) in [4.78, 5) is 6.44. The molecule has 2 atom stereocenters. The molecule has 0 unspecified atom stereocenters. The van der Waals surface area contributed by atoms with Gasteiger partial charge < -0.3 is 14.7 Å². The summed E-state index contributed by atoms with van der Waals surface area (Å²) in [6.45, 7) is 3.31. The van der Waals surface area contributed by atoms with Crippen LogP contribution in [0.5, 0.6) is 5.75 Å². The molecule has 1 fully saturated rings. The molecule has 2 aromatic rings. The molecular formula is C15H20N4O2. The molecule has 2 aromatic heterocycles. The first-order valence-corrected chi connectivity index (χ1v) is 7.19. The van der Waals surface area contributed by atoms with Gasteiger partial charge in [-0.2, -0.15) is 5.10 Å². The molecule has 0 saturated carbocycles. The van der Waals surface area contributed by atoms with Crippen LogP contribution in [-0.4, -0.2) is 45.2 Å². The zero-order valence-corrected chi connectivity index (χ0v) is 12.3. The number of aliphatic hydroxyl groups is 1. The van der Waals surface area contributed by atoms with E-state index in [1.54, 1.807) is 17.1 Å². The van der Waals surface area contributed by atoms with Gasteiger partial charge in [0.25, 0.3) is 0 Å². The molecule has 6 heteroatoms. The molecule has 0 radical (unpaired) electrons. The molecule has 112 valence electrons. The van der Waals surface area contributed by atoms with Crippen LogP contribution in [-0.2, 0) is 13.5 Å². The van der Waals surface area contributed by atoms with Crippen molar-refractivity contribution in [3.63, 3.8) is 0 Å². The van der Waals surface area contributed by atoms with Crippen LogP contribution in [0.1, 0.15) is 12.6 Å². The maximum atomic E-state index is 10.2. The van der Waals surface area contributed by atoms with E-state index in [0.29, 0.717) is 18.8 Å². The summed E-state index contributed by atoms with van der Waals surface area (Å²) in [5.41, 5.74) is 2.14. The number of aliphatic hydroxyl groups excluding tert-OH is 1. The van der Waals surface area contributed by atoms with E-state index in [0.717, 1.165) is 17.8 Å². The standard InChI is InChI=1S/C15H20N4O2/c1-3-11-6-12(4-5-16-11)19-9-14(20)15(10-19)21-13-7-17-18(2)8-13/h4-8,14-15,20H,3,9-10H2,1-2H3/t14-,15-/m1/s1. The molecule has 6 nitrogen and oxygen atoms in total. The Bertz CT molecular complexity index is 613. The van der Waals surface area contributed by atoms with E-state index >= 15 is 0 Å². The number of anilines is 1. The van der Waals surface area contributed by atoms with Crippen LogP contribution in [0, 0.1) is 0 Å². The monoisotopic (exact) mass is 288 g/mol. The molecule has 1 aliphatic rings. The van der Waals surface area contributed by atoms with E-state index in [-0.39, 0.29) is 6.10 Å². The van der Waals surface area contributed by atoms with Crippen molar-refractivity contribution in [2.75, 3.05) is 18.0 Å². The van der Waals surface area contributed by atoms with Crippen molar-refractivity contribution in [1.82, 2.24) is 14.8 Å². The van der Waals surface area contributed by atoms with Crippen molar-refractivity contribution in [3.05, 3.63) is 36.4 Å². The van der Waals surface area contributed by atoms with Gasteiger partial charge in [-0.3, -0.25) is 9.67 Å². The van der Waals surface area contributed by atoms with E-state index < -0.39 is 6.10 Å². The third kappa shape index (κ3) is 3.00. The summed E-state index contributed by atoms with van der Waals surface area (Å²) >= 11 is 0. The molecule has 3 heterocycles. The Morgan fingerprint density at radius 2 is 2.29 bits per heavy atom. The highest BCUT2D eigenvalue weighted by molar-refractivity contribution is 5.48. The molecule has 3 rings (SSSR count). The van der Waals surface area contributed by atoms with Crippen LogP contribution in [0.2, 0.25) is 0 Å². The summed E-state index contributed by atoms with van der Waals surface area (Å²) in [6.07, 6.45) is 5.43. The second kappa shape index (κ2) is 5.73. The largest absolute Gasteiger partial charge is 0.482 e. The summed E-state index contributed by atoms with van der Waals surface area (Å²) < 4.78 is 7.51. The van der Waals surface area contributed by atoms with Crippen LogP contribution in [0.3, 0.4) is 0 Å². The van der Waals surface area contributed by atoms with E-state index in [4.69, 9.17) is 4.74 Å². The molecule has 1 N–H and O–H groups in total. The Kier molecular flexibility index (Phi) is 3.79. The van der Waals surface area contributed by atoms with Crippen molar-refractivity contribution in [2.24, 2.45) is 7.05 Å². The number of aryl methyl sites for hydroxylation is 2. The highest BCUT2D eigenvalue weighted by Crippen LogP contribution is 2.24. The lowest BCUT2D eigenvalue weighted by Crippen LogP contribution is -2.29. The quantitative estimate of drug-likeness (QED) is 0.909. The summed E-state index contributed by atoms with van der Waals surface area (Å²) in [5.74, 6) is 0.687. The zero-order chi connectivity index (χ0) is 14.8. The number of ether oxygens (including phenoxy) is 1. The van der Waals surface area contributed by atoms with Gasteiger partial charge in [0.2, 0.25) is 0 Å². The molecule has 0 bridgehead atoms. The zero-order valence-electron chi connectivity index (χ0n) is 12.3. The molecule has 0 spiro atoms. The number of hydrogen-bond donors (Lipinski definition) is 1. The molecule has 0 aliphatic carbocycles. The third-order valence-electron chi connectivity index (χ3n) is 3.73. The fourth-order valence-corrected chi connectivity index (χ4v) is 2.57. The minimum Gasteiger partial charge on any atom is -0.482 e. The fourth-order valence-electron chi connectivity index (χ4n) is 2.57.